The molecule has 6 nitrogen and oxygen atoms in total. The summed E-state index contributed by atoms with van der Waals surface area (Å²) in [7, 11) is 3.44. The van der Waals surface area contributed by atoms with E-state index in [1.165, 1.54) is 24.6 Å². The van der Waals surface area contributed by atoms with Crippen molar-refractivity contribution in [2.24, 2.45) is 12.1 Å². The summed E-state index contributed by atoms with van der Waals surface area (Å²) in [6, 6.07) is 11.3. The van der Waals surface area contributed by atoms with E-state index < -0.39 is 0 Å². The van der Waals surface area contributed by atoms with Gasteiger partial charge in [0.25, 0.3) is 5.91 Å². The summed E-state index contributed by atoms with van der Waals surface area (Å²) in [6.07, 6.45) is 1.45. The van der Waals surface area contributed by atoms with Gasteiger partial charge < -0.3 is 9.30 Å². The topological polar surface area (TPSA) is 68.5 Å². The highest BCUT2D eigenvalue weighted by atomic mass is 32.1. The summed E-state index contributed by atoms with van der Waals surface area (Å²) < 4.78 is 8.01. The molecule has 0 radical (unpaired) electrons. The Labute approximate surface area is 130 Å². The zero-order valence-electron chi connectivity index (χ0n) is 12.1. The molecule has 0 unspecified atom stereocenters. The molecule has 1 N–H and O–H groups in total. The summed E-state index contributed by atoms with van der Waals surface area (Å²) in [5, 5.41) is 4.18. The first kappa shape index (κ1) is 14.3. The SMILES string of the molecule is COc1ccc(C(=O)N/N=c2\sc3ccccc3n2C)cn1. The van der Waals surface area contributed by atoms with E-state index in [2.05, 4.69) is 15.5 Å². The largest absolute Gasteiger partial charge is 0.481 e. The van der Waals surface area contributed by atoms with Crippen LogP contribution in [0.25, 0.3) is 10.2 Å². The number of rotatable bonds is 3. The lowest BCUT2D eigenvalue weighted by atomic mass is 10.3. The summed E-state index contributed by atoms with van der Waals surface area (Å²) >= 11 is 1.51. The number of nitrogens with one attached hydrogen (secondary N) is 1. The van der Waals surface area contributed by atoms with Crippen LogP contribution >= 0.6 is 11.3 Å². The molecule has 0 aliphatic rings. The minimum atomic E-state index is -0.312. The molecule has 1 amide bonds. The fourth-order valence-electron chi connectivity index (χ4n) is 1.99. The van der Waals surface area contributed by atoms with E-state index in [4.69, 9.17) is 4.74 Å². The summed E-state index contributed by atoms with van der Waals surface area (Å²) in [6.45, 7) is 0. The second kappa shape index (κ2) is 5.98. The monoisotopic (exact) mass is 314 g/mol. The first-order valence-corrected chi connectivity index (χ1v) is 7.39. The molecule has 112 valence electrons. The molecule has 0 atom stereocenters. The Bertz CT molecular complexity index is 880. The Morgan fingerprint density at radius 2 is 2.14 bits per heavy atom. The van der Waals surface area contributed by atoms with E-state index in [0.717, 1.165) is 15.0 Å². The summed E-state index contributed by atoms with van der Waals surface area (Å²) in [5.74, 6) is 0.150. The third-order valence-electron chi connectivity index (χ3n) is 3.18. The van der Waals surface area contributed by atoms with E-state index in [1.807, 2.05) is 35.9 Å². The van der Waals surface area contributed by atoms with Crippen molar-refractivity contribution in [3.63, 3.8) is 0 Å². The van der Waals surface area contributed by atoms with Crippen LogP contribution in [-0.2, 0) is 7.05 Å². The van der Waals surface area contributed by atoms with Gasteiger partial charge in [0.05, 0.1) is 22.9 Å². The number of carbonyl (C=O) groups is 1. The lowest BCUT2D eigenvalue weighted by molar-refractivity contribution is 0.0952. The number of hydrogen-bond donors (Lipinski definition) is 1. The highest BCUT2D eigenvalue weighted by Gasteiger charge is 2.06. The number of aromatic nitrogens is 2. The third-order valence-corrected chi connectivity index (χ3v) is 4.29. The number of aryl methyl sites for hydroxylation is 1. The van der Waals surface area contributed by atoms with Crippen LogP contribution in [-0.4, -0.2) is 22.6 Å². The Morgan fingerprint density at radius 3 is 2.82 bits per heavy atom. The number of carbonyl (C=O) groups excluding carboxylic acids is 1. The third kappa shape index (κ3) is 2.71. The molecule has 22 heavy (non-hydrogen) atoms. The highest BCUT2D eigenvalue weighted by molar-refractivity contribution is 7.16. The molecular weight excluding hydrogens is 300 g/mol. The number of thiazole rings is 1. The van der Waals surface area contributed by atoms with Gasteiger partial charge in [-0.15, -0.1) is 5.10 Å². The minimum absolute atomic E-state index is 0.312. The van der Waals surface area contributed by atoms with Crippen LogP contribution in [0.2, 0.25) is 0 Å². The van der Waals surface area contributed by atoms with Crippen LogP contribution in [0.4, 0.5) is 0 Å². The Balaban J connectivity index is 1.85. The molecule has 3 rings (SSSR count). The molecular formula is C15H14N4O2S. The van der Waals surface area contributed by atoms with Crippen molar-refractivity contribution in [2.45, 2.75) is 0 Å². The Kier molecular flexibility index (Phi) is 3.88. The van der Waals surface area contributed by atoms with Gasteiger partial charge in [0.15, 0.2) is 0 Å². The smallest absolute Gasteiger partial charge is 0.273 e. The standard InChI is InChI=1S/C15H14N4O2S/c1-19-11-5-3-4-6-12(11)22-15(19)18-17-14(20)10-7-8-13(21-2)16-9-10/h3-9H,1-2H3,(H,17,20)/b18-15-. The molecule has 3 aromatic rings. The average molecular weight is 314 g/mol. The molecule has 1 aromatic carbocycles. The molecule has 0 aliphatic heterocycles. The van der Waals surface area contributed by atoms with Gasteiger partial charge in [0.2, 0.25) is 10.7 Å². The number of nitrogens with zero attached hydrogens (tertiary/aromatic N) is 3. The van der Waals surface area contributed by atoms with Crippen LogP contribution in [0.15, 0.2) is 47.7 Å². The van der Waals surface area contributed by atoms with Crippen LogP contribution in [0, 0.1) is 0 Å². The van der Waals surface area contributed by atoms with Crippen LogP contribution in [0.3, 0.4) is 0 Å². The van der Waals surface area contributed by atoms with Gasteiger partial charge in [-0.25, -0.2) is 10.4 Å². The molecule has 0 saturated heterocycles. The molecule has 7 heteroatoms. The predicted molar refractivity (Wildman–Crippen MR) is 84.6 cm³/mol. The van der Waals surface area contributed by atoms with Crippen molar-refractivity contribution < 1.29 is 9.53 Å². The number of para-hydroxylation sites is 1. The van der Waals surface area contributed by atoms with Crippen molar-refractivity contribution in [1.82, 2.24) is 15.0 Å². The van der Waals surface area contributed by atoms with Crippen LogP contribution in [0.1, 0.15) is 10.4 Å². The zero-order valence-corrected chi connectivity index (χ0v) is 12.9. The lowest BCUT2D eigenvalue weighted by Crippen LogP contribution is -2.23. The van der Waals surface area contributed by atoms with E-state index in [0.29, 0.717) is 11.4 Å². The Morgan fingerprint density at radius 1 is 1.32 bits per heavy atom. The van der Waals surface area contributed by atoms with Crippen molar-refractivity contribution in [1.29, 1.82) is 0 Å². The first-order valence-electron chi connectivity index (χ1n) is 6.57. The minimum Gasteiger partial charge on any atom is -0.481 e. The van der Waals surface area contributed by atoms with E-state index in [-0.39, 0.29) is 5.91 Å². The second-order valence-electron chi connectivity index (χ2n) is 4.55. The van der Waals surface area contributed by atoms with Gasteiger partial charge in [0, 0.05) is 19.3 Å². The van der Waals surface area contributed by atoms with E-state index in [1.54, 1.807) is 12.1 Å². The summed E-state index contributed by atoms with van der Waals surface area (Å²) in [5.41, 5.74) is 4.05. The number of ether oxygens (including phenoxy) is 1. The summed E-state index contributed by atoms with van der Waals surface area (Å²) in [4.78, 5) is 16.8. The van der Waals surface area contributed by atoms with Crippen molar-refractivity contribution in [3.8, 4) is 5.88 Å². The second-order valence-corrected chi connectivity index (χ2v) is 5.56. The number of hydrogen-bond acceptors (Lipinski definition) is 5. The van der Waals surface area contributed by atoms with Gasteiger partial charge in [-0.3, -0.25) is 4.79 Å². The van der Waals surface area contributed by atoms with E-state index in [9.17, 15) is 4.79 Å². The molecule has 0 aliphatic carbocycles. The number of benzene rings is 1. The fourth-order valence-corrected chi connectivity index (χ4v) is 2.97. The van der Waals surface area contributed by atoms with Gasteiger partial charge in [-0.05, 0) is 18.2 Å². The maximum absolute atomic E-state index is 12.1. The van der Waals surface area contributed by atoms with Crippen LogP contribution < -0.4 is 15.0 Å². The first-order chi connectivity index (χ1) is 10.7. The number of pyridine rings is 1. The highest BCUT2D eigenvalue weighted by Crippen LogP contribution is 2.14. The van der Waals surface area contributed by atoms with Crippen molar-refractivity contribution in [2.75, 3.05) is 7.11 Å². The van der Waals surface area contributed by atoms with Gasteiger partial charge in [0.1, 0.15) is 0 Å². The molecule has 0 saturated carbocycles. The maximum atomic E-state index is 12.1. The van der Waals surface area contributed by atoms with Crippen LogP contribution in [0.5, 0.6) is 5.88 Å². The van der Waals surface area contributed by atoms with Gasteiger partial charge in [-0.1, -0.05) is 23.5 Å². The van der Waals surface area contributed by atoms with Crippen molar-refractivity contribution in [3.05, 3.63) is 53.0 Å². The zero-order chi connectivity index (χ0) is 15.5. The molecule has 0 fully saturated rings. The number of amides is 1. The molecule has 2 aromatic heterocycles. The Hall–Kier alpha value is -2.67. The quantitative estimate of drug-likeness (QED) is 0.751. The predicted octanol–water partition coefficient (Wildman–Crippen LogP) is 1.89. The number of fused-ring (bicyclic) bond motifs is 1. The molecule has 0 spiro atoms. The van der Waals surface area contributed by atoms with Gasteiger partial charge >= 0.3 is 0 Å². The van der Waals surface area contributed by atoms with Crippen molar-refractivity contribution >= 4 is 27.5 Å². The molecule has 0 bridgehead atoms. The normalized spacial score (nSPS) is 11.6. The molecule has 2 heterocycles. The van der Waals surface area contributed by atoms with E-state index >= 15 is 0 Å². The average Bonchev–Trinajstić information content (AvgIpc) is 2.89. The maximum Gasteiger partial charge on any atom is 0.273 e. The van der Waals surface area contributed by atoms with Gasteiger partial charge in [-0.2, -0.15) is 0 Å². The fraction of sp³-hybridized carbons (Fsp3) is 0.133. The lowest BCUT2D eigenvalue weighted by Gasteiger charge is -2.01. The number of methoxy groups -OCH3 is 1.